The first-order chi connectivity index (χ1) is 12.2. The number of rotatable bonds is 5. The van der Waals surface area contributed by atoms with Crippen molar-refractivity contribution < 1.29 is 27.5 Å². The summed E-state index contributed by atoms with van der Waals surface area (Å²) in [4.78, 5) is 23.5. The molecule has 0 saturated carbocycles. The maximum atomic E-state index is 12.5. The summed E-state index contributed by atoms with van der Waals surface area (Å²) in [6.07, 6.45) is -4.42. The number of halogens is 3. The number of hydrogen-bond acceptors (Lipinski definition) is 4. The van der Waals surface area contributed by atoms with Gasteiger partial charge < -0.3 is 15.4 Å². The predicted octanol–water partition coefficient (Wildman–Crippen LogP) is 3.93. The molecule has 0 aliphatic heterocycles. The first-order valence-electron chi connectivity index (χ1n) is 7.64. The lowest BCUT2D eigenvalue weighted by Gasteiger charge is -2.16. The molecule has 1 atom stereocenters. The van der Waals surface area contributed by atoms with Gasteiger partial charge in [-0.05, 0) is 55.5 Å². The molecule has 2 aromatic rings. The van der Waals surface area contributed by atoms with Gasteiger partial charge in [-0.2, -0.15) is 13.2 Å². The number of anilines is 2. The van der Waals surface area contributed by atoms with Crippen LogP contribution in [0, 0.1) is 0 Å². The van der Waals surface area contributed by atoms with E-state index >= 15 is 0 Å². The zero-order chi connectivity index (χ0) is 19.3. The molecule has 5 nitrogen and oxygen atoms in total. The number of esters is 1. The Balaban J connectivity index is 1.96. The Morgan fingerprint density at radius 3 is 2.00 bits per heavy atom. The Labute approximate surface area is 148 Å². The van der Waals surface area contributed by atoms with Crippen molar-refractivity contribution in [1.82, 2.24) is 0 Å². The van der Waals surface area contributed by atoms with Crippen molar-refractivity contribution in [2.75, 3.05) is 17.7 Å². The minimum absolute atomic E-state index is 0.262. The second-order valence-corrected chi connectivity index (χ2v) is 5.50. The quantitative estimate of drug-likeness (QED) is 0.787. The van der Waals surface area contributed by atoms with Gasteiger partial charge in [-0.1, -0.05) is 0 Å². The van der Waals surface area contributed by atoms with Crippen molar-refractivity contribution in [3.8, 4) is 0 Å². The van der Waals surface area contributed by atoms with Crippen LogP contribution < -0.4 is 10.6 Å². The fourth-order valence-electron chi connectivity index (χ4n) is 2.13. The maximum Gasteiger partial charge on any atom is 0.416 e. The highest BCUT2D eigenvalue weighted by Crippen LogP contribution is 2.29. The highest BCUT2D eigenvalue weighted by atomic mass is 19.4. The summed E-state index contributed by atoms with van der Waals surface area (Å²) < 4.78 is 42.2. The lowest BCUT2D eigenvalue weighted by Crippen LogP contribution is -2.31. The van der Waals surface area contributed by atoms with E-state index in [1.165, 1.54) is 19.2 Å². The maximum absolute atomic E-state index is 12.5. The van der Waals surface area contributed by atoms with Crippen LogP contribution in [0.15, 0.2) is 48.5 Å². The van der Waals surface area contributed by atoms with E-state index in [1.807, 2.05) is 0 Å². The van der Waals surface area contributed by atoms with Gasteiger partial charge in [0.25, 0.3) is 0 Å². The van der Waals surface area contributed by atoms with Crippen molar-refractivity contribution in [1.29, 1.82) is 0 Å². The second-order valence-electron chi connectivity index (χ2n) is 5.50. The zero-order valence-electron chi connectivity index (χ0n) is 14.1. The summed E-state index contributed by atoms with van der Waals surface area (Å²) in [5, 5.41) is 5.47. The molecule has 138 valence electrons. The number of carbonyl (C=O) groups is 2. The Kier molecular flexibility index (Phi) is 5.86. The molecule has 2 N–H and O–H groups in total. The van der Waals surface area contributed by atoms with E-state index in [4.69, 9.17) is 0 Å². The second kappa shape index (κ2) is 7.90. The van der Waals surface area contributed by atoms with Crippen LogP contribution in [0.3, 0.4) is 0 Å². The standard InChI is InChI=1S/C18H17F3N2O3/c1-11(22-14-7-3-12(4-8-14)17(25)26-2)16(24)23-15-9-5-13(6-10-15)18(19,20)21/h3-11,22H,1-2H3,(H,23,24)/t11-/m1/s1. The molecule has 2 aromatic carbocycles. The fourth-order valence-corrected chi connectivity index (χ4v) is 2.13. The SMILES string of the molecule is COC(=O)c1ccc(N[C@H](C)C(=O)Nc2ccc(C(F)(F)F)cc2)cc1. The van der Waals surface area contributed by atoms with Gasteiger partial charge in [0.1, 0.15) is 6.04 Å². The Morgan fingerprint density at radius 1 is 0.962 bits per heavy atom. The largest absolute Gasteiger partial charge is 0.465 e. The first kappa shape index (κ1) is 19.3. The fraction of sp³-hybridized carbons (Fsp3) is 0.222. The van der Waals surface area contributed by atoms with Crippen LogP contribution in [-0.2, 0) is 15.7 Å². The van der Waals surface area contributed by atoms with Gasteiger partial charge in [0.2, 0.25) is 5.91 Å². The number of nitrogens with one attached hydrogen (secondary N) is 2. The molecule has 1 amide bonds. The molecule has 0 saturated heterocycles. The Bertz CT molecular complexity index is 772. The Morgan fingerprint density at radius 2 is 1.50 bits per heavy atom. The number of amides is 1. The molecule has 2 rings (SSSR count). The molecular weight excluding hydrogens is 349 g/mol. The lowest BCUT2D eigenvalue weighted by molar-refractivity contribution is -0.137. The first-order valence-corrected chi connectivity index (χ1v) is 7.64. The number of hydrogen-bond donors (Lipinski definition) is 2. The predicted molar refractivity (Wildman–Crippen MR) is 90.9 cm³/mol. The highest BCUT2D eigenvalue weighted by Gasteiger charge is 2.30. The van der Waals surface area contributed by atoms with Crippen LogP contribution in [0.1, 0.15) is 22.8 Å². The van der Waals surface area contributed by atoms with E-state index in [-0.39, 0.29) is 5.69 Å². The van der Waals surface area contributed by atoms with Crippen LogP contribution in [-0.4, -0.2) is 25.0 Å². The van der Waals surface area contributed by atoms with E-state index in [0.29, 0.717) is 11.3 Å². The molecule has 0 aromatic heterocycles. The van der Waals surface area contributed by atoms with Crippen LogP contribution in [0.4, 0.5) is 24.5 Å². The van der Waals surface area contributed by atoms with Crippen LogP contribution in [0.5, 0.6) is 0 Å². The van der Waals surface area contributed by atoms with Gasteiger partial charge in [-0.15, -0.1) is 0 Å². The average Bonchev–Trinajstić information content (AvgIpc) is 2.61. The molecular formula is C18H17F3N2O3. The number of methoxy groups -OCH3 is 1. The van der Waals surface area contributed by atoms with Gasteiger partial charge in [-0.3, -0.25) is 4.79 Å². The smallest absolute Gasteiger partial charge is 0.416 e. The average molecular weight is 366 g/mol. The molecule has 0 spiro atoms. The van der Waals surface area contributed by atoms with Crippen LogP contribution in [0.25, 0.3) is 0 Å². The van der Waals surface area contributed by atoms with Crippen molar-refractivity contribution in [3.05, 3.63) is 59.7 Å². The number of alkyl halides is 3. The lowest BCUT2D eigenvalue weighted by atomic mass is 10.2. The summed E-state index contributed by atoms with van der Waals surface area (Å²) in [5.74, 6) is -0.883. The zero-order valence-corrected chi connectivity index (χ0v) is 14.1. The molecule has 0 aliphatic carbocycles. The van der Waals surface area contributed by atoms with Gasteiger partial charge >= 0.3 is 12.1 Å². The molecule has 0 radical (unpaired) electrons. The topological polar surface area (TPSA) is 67.4 Å². The van der Waals surface area contributed by atoms with E-state index in [2.05, 4.69) is 15.4 Å². The normalized spacial score (nSPS) is 12.2. The van der Waals surface area contributed by atoms with E-state index in [1.54, 1.807) is 31.2 Å². The molecule has 8 heteroatoms. The molecule has 26 heavy (non-hydrogen) atoms. The van der Waals surface area contributed by atoms with Crippen LogP contribution >= 0.6 is 0 Å². The monoisotopic (exact) mass is 366 g/mol. The number of ether oxygens (including phenoxy) is 1. The van der Waals surface area contributed by atoms with Crippen molar-refractivity contribution in [2.24, 2.45) is 0 Å². The number of benzene rings is 2. The summed E-state index contributed by atoms with van der Waals surface area (Å²) in [7, 11) is 1.28. The Hall–Kier alpha value is -3.03. The minimum atomic E-state index is -4.42. The summed E-state index contributed by atoms with van der Waals surface area (Å²) in [6.45, 7) is 1.60. The third-order valence-corrected chi connectivity index (χ3v) is 3.56. The van der Waals surface area contributed by atoms with Gasteiger partial charge in [0, 0.05) is 11.4 Å². The molecule has 0 unspecified atom stereocenters. The van der Waals surface area contributed by atoms with E-state index < -0.39 is 29.7 Å². The van der Waals surface area contributed by atoms with E-state index in [9.17, 15) is 22.8 Å². The van der Waals surface area contributed by atoms with Crippen molar-refractivity contribution >= 4 is 23.3 Å². The minimum Gasteiger partial charge on any atom is -0.465 e. The van der Waals surface area contributed by atoms with Crippen molar-refractivity contribution in [2.45, 2.75) is 19.1 Å². The molecule has 0 aliphatic rings. The molecule has 0 fully saturated rings. The summed E-state index contributed by atoms with van der Waals surface area (Å²) in [6, 6.07) is 9.88. The molecule has 0 bridgehead atoms. The summed E-state index contributed by atoms with van der Waals surface area (Å²) in [5.41, 5.74) is 0.456. The highest BCUT2D eigenvalue weighted by molar-refractivity contribution is 5.96. The van der Waals surface area contributed by atoms with Crippen LogP contribution in [0.2, 0.25) is 0 Å². The third kappa shape index (κ3) is 4.98. The van der Waals surface area contributed by atoms with E-state index in [0.717, 1.165) is 12.1 Å². The van der Waals surface area contributed by atoms with Gasteiger partial charge in [-0.25, -0.2) is 4.79 Å². The number of carbonyl (C=O) groups excluding carboxylic acids is 2. The van der Waals surface area contributed by atoms with Gasteiger partial charge in [0.05, 0.1) is 18.2 Å². The molecule has 0 heterocycles. The van der Waals surface area contributed by atoms with Gasteiger partial charge in [0.15, 0.2) is 0 Å². The summed E-state index contributed by atoms with van der Waals surface area (Å²) >= 11 is 0. The third-order valence-electron chi connectivity index (χ3n) is 3.56. The van der Waals surface area contributed by atoms with Crippen molar-refractivity contribution in [3.63, 3.8) is 0 Å².